The quantitative estimate of drug-likeness (QED) is 0.367. The van der Waals surface area contributed by atoms with E-state index < -0.39 is 23.5 Å². The highest BCUT2D eigenvalue weighted by molar-refractivity contribution is 6.51. The van der Waals surface area contributed by atoms with Crippen molar-refractivity contribution in [1.82, 2.24) is 0 Å². The van der Waals surface area contributed by atoms with Gasteiger partial charge in [-0.25, -0.2) is 4.39 Å². The maximum atomic E-state index is 13.5. The molecule has 0 bridgehead atoms. The summed E-state index contributed by atoms with van der Waals surface area (Å²) in [5.41, 5.74) is 1.05. The molecule has 3 aromatic carbocycles. The SMILES string of the molecule is COc1cccc(C2/C(=C(/O)c3ccc4c(c3)OCO4)C(=O)C(=O)N2c2ccc(F)cc2)c1. The maximum Gasteiger partial charge on any atom is 0.300 e. The van der Waals surface area contributed by atoms with Crippen LogP contribution < -0.4 is 19.1 Å². The third-order valence-electron chi connectivity index (χ3n) is 5.60. The molecule has 1 amide bonds. The topological polar surface area (TPSA) is 85.3 Å². The Morgan fingerprint density at radius 1 is 1.03 bits per heavy atom. The summed E-state index contributed by atoms with van der Waals surface area (Å²) in [5, 5.41) is 11.2. The number of anilines is 1. The molecule has 1 fully saturated rings. The highest BCUT2D eigenvalue weighted by Gasteiger charge is 2.47. The van der Waals surface area contributed by atoms with E-state index in [0.717, 1.165) is 0 Å². The van der Waals surface area contributed by atoms with Crippen LogP contribution in [0, 0.1) is 5.82 Å². The first-order chi connectivity index (χ1) is 16.0. The fourth-order valence-electron chi connectivity index (χ4n) is 4.03. The van der Waals surface area contributed by atoms with Crippen LogP contribution >= 0.6 is 0 Å². The normalized spacial score (nSPS) is 18.6. The van der Waals surface area contributed by atoms with Gasteiger partial charge in [-0.05, 0) is 60.2 Å². The molecule has 0 radical (unpaired) electrons. The molecule has 5 rings (SSSR count). The van der Waals surface area contributed by atoms with E-state index in [9.17, 15) is 19.1 Å². The predicted molar refractivity (Wildman–Crippen MR) is 117 cm³/mol. The number of hydrogen-bond donors (Lipinski definition) is 1. The van der Waals surface area contributed by atoms with Gasteiger partial charge in [-0.3, -0.25) is 14.5 Å². The highest BCUT2D eigenvalue weighted by Crippen LogP contribution is 2.44. The third kappa shape index (κ3) is 3.45. The van der Waals surface area contributed by atoms with Crippen molar-refractivity contribution in [3.05, 3.63) is 89.2 Å². The Kier molecular flexibility index (Phi) is 4.97. The van der Waals surface area contributed by atoms with Gasteiger partial charge in [0.25, 0.3) is 11.7 Å². The number of rotatable bonds is 4. The van der Waals surface area contributed by atoms with Crippen LogP contribution in [-0.4, -0.2) is 30.7 Å². The second-order valence-electron chi connectivity index (χ2n) is 7.49. The molecule has 0 aliphatic carbocycles. The third-order valence-corrected chi connectivity index (χ3v) is 5.60. The van der Waals surface area contributed by atoms with Gasteiger partial charge in [0.15, 0.2) is 11.5 Å². The largest absolute Gasteiger partial charge is 0.507 e. The van der Waals surface area contributed by atoms with Crippen LogP contribution in [0.4, 0.5) is 10.1 Å². The van der Waals surface area contributed by atoms with Crippen LogP contribution in [0.1, 0.15) is 17.2 Å². The average Bonchev–Trinajstić information content (AvgIpc) is 3.41. The van der Waals surface area contributed by atoms with Crippen molar-refractivity contribution in [3.8, 4) is 17.2 Å². The zero-order valence-electron chi connectivity index (χ0n) is 17.4. The monoisotopic (exact) mass is 447 g/mol. The van der Waals surface area contributed by atoms with Gasteiger partial charge >= 0.3 is 0 Å². The van der Waals surface area contributed by atoms with Crippen molar-refractivity contribution in [1.29, 1.82) is 0 Å². The Hall–Kier alpha value is -4.33. The van der Waals surface area contributed by atoms with Crippen LogP contribution in [0.2, 0.25) is 0 Å². The molecular weight excluding hydrogens is 429 g/mol. The Labute approximate surface area is 188 Å². The summed E-state index contributed by atoms with van der Waals surface area (Å²) >= 11 is 0. The van der Waals surface area contributed by atoms with Gasteiger partial charge in [-0.15, -0.1) is 0 Å². The number of aliphatic hydroxyl groups is 1. The van der Waals surface area contributed by atoms with Crippen molar-refractivity contribution >= 4 is 23.1 Å². The Morgan fingerprint density at radius 2 is 1.79 bits per heavy atom. The fraction of sp³-hybridized carbons (Fsp3) is 0.120. The summed E-state index contributed by atoms with van der Waals surface area (Å²) in [4.78, 5) is 27.5. The first kappa shape index (κ1) is 20.6. The van der Waals surface area contributed by atoms with Crippen LogP contribution in [0.5, 0.6) is 17.2 Å². The fourth-order valence-corrected chi connectivity index (χ4v) is 4.03. The average molecular weight is 447 g/mol. The second-order valence-corrected chi connectivity index (χ2v) is 7.49. The molecule has 1 saturated heterocycles. The summed E-state index contributed by atoms with van der Waals surface area (Å²) in [5.74, 6) is -1.08. The number of Topliss-reactive ketones (excluding diaryl/α,β-unsaturated/α-hetero) is 1. The minimum Gasteiger partial charge on any atom is -0.507 e. The standard InChI is InChI=1S/C25H18FNO6/c1-31-18-4-2-3-14(11-18)22-21(23(28)15-5-10-19-20(12-15)33-13-32-19)24(29)25(30)27(22)17-8-6-16(26)7-9-17/h2-12,22,28H,13H2,1H3/b23-21-. The number of ether oxygens (including phenoxy) is 3. The maximum absolute atomic E-state index is 13.5. The number of carbonyl (C=O) groups is 2. The van der Waals surface area contributed by atoms with E-state index in [0.29, 0.717) is 34.1 Å². The summed E-state index contributed by atoms with van der Waals surface area (Å²) in [6.45, 7) is 0.0539. The summed E-state index contributed by atoms with van der Waals surface area (Å²) in [6.07, 6.45) is 0. The van der Waals surface area contributed by atoms with Crippen LogP contribution in [-0.2, 0) is 9.59 Å². The molecule has 0 aromatic heterocycles. The van der Waals surface area contributed by atoms with Crippen molar-refractivity contribution in [3.63, 3.8) is 0 Å². The zero-order chi connectivity index (χ0) is 23.1. The molecule has 2 heterocycles. The molecule has 1 N–H and O–H groups in total. The zero-order valence-corrected chi connectivity index (χ0v) is 17.4. The number of hydrogen-bond acceptors (Lipinski definition) is 6. The number of amides is 1. The second kappa shape index (κ2) is 7.98. The number of benzene rings is 3. The van der Waals surface area contributed by atoms with E-state index >= 15 is 0 Å². The van der Waals surface area contributed by atoms with Crippen molar-refractivity contribution in [2.75, 3.05) is 18.8 Å². The van der Waals surface area contributed by atoms with Crippen molar-refractivity contribution in [2.24, 2.45) is 0 Å². The molecule has 2 aliphatic rings. The van der Waals surface area contributed by atoms with Crippen molar-refractivity contribution < 1.29 is 33.3 Å². The van der Waals surface area contributed by atoms with Crippen molar-refractivity contribution in [2.45, 2.75) is 6.04 Å². The first-order valence-corrected chi connectivity index (χ1v) is 10.1. The van der Waals surface area contributed by atoms with E-state index in [1.807, 2.05) is 0 Å². The van der Waals surface area contributed by atoms with Gasteiger partial charge in [-0.2, -0.15) is 0 Å². The van der Waals surface area contributed by atoms with E-state index in [1.165, 1.54) is 36.3 Å². The lowest BCUT2D eigenvalue weighted by Crippen LogP contribution is -2.29. The van der Waals surface area contributed by atoms with Gasteiger partial charge < -0.3 is 19.3 Å². The van der Waals surface area contributed by atoms with E-state index in [1.54, 1.807) is 42.5 Å². The molecule has 0 saturated carbocycles. The molecular formula is C25H18FNO6. The summed E-state index contributed by atoms with van der Waals surface area (Å²) in [7, 11) is 1.50. The Balaban J connectivity index is 1.71. The predicted octanol–water partition coefficient (Wildman–Crippen LogP) is 4.19. The molecule has 1 unspecified atom stereocenters. The number of ketones is 1. The number of nitrogens with zero attached hydrogens (tertiary/aromatic N) is 1. The van der Waals surface area contributed by atoms with Crippen LogP contribution in [0.25, 0.3) is 5.76 Å². The number of carbonyl (C=O) groups excluding carboxylic acids is 2. The van der Waals surface area contributed by atoms with Crippen LogP contribution in [0.3, 0.4) is 0 Å². The lowest BCUT2D eigenvalue weighted by atomic mass is 9.95. The molecule has 3 aromatic rings. The molecule has 0 spiro atoms. The minimum absolute atomic E-state index is 0.0539. The van der Waals surface area contributed by atoms with Crippen LogP contribution in [0.15, 0.2) is 72.3 Å². The number of methoxy groups -OCH3 is 1. The van der Waals surface area contributed by atoms with E-state index in [2.05, 4.69) is 0 Å². The molecule has 7 nitrogen and oxygen atoms in total. The van der Waals surface area contributed by atoms with Gasteiger partial charge in [0.2, 0.25) is 6.79 Å². The number of halogens is 1. The molecule has 8 heteroatoms. The lowest BCUT2D eigenvalue weighted by Gasteiger charge is -2.25. The molecule has 1 atom stereocenters. The van der Waals surface area contributed by atoms with Gasteiger partial charge in [0, 0.05) is 11.3 Å². The molecule has 166 valence electrons. The molecule has 33 heavy (non-hydrogen) atoms. The smallest absolute Gasteiger partial charge is 0.300 e. The van der Waals surface area contributed by atoms with E-state index in [-0.39, 0.29) is 18.1 Å². The highest BCUT2D eigenvalue weighted by atomic mass is 19.1. The number of aliphatic hydroxyl groups excluding tert-OH is 1. The van der Waals surface area contributed by atoms with E-state index in [4.69, 9.17) is 14.2 Å². The number of fused-ring (bicyclic) bond motifs is 1. The Morgan fingerprint density at radius 3 is 2.55 bits per heavy atom. The summed E-state index contributed by atoms with van der Waals surface area (Å²) in [6, 6.07) is 15.9. The molecule has 2 aliphatic heterocycles. The minimum atomic E-state index is -0.962. The van der Waals surface area contributed by atoms with Gasteiger partial charge in [0.1, 0.15) is 17.3 Å². The Bertz CT molecular complexity index is 1300. The lowest BCUT2D eigenvalue weighted by molar-refractivity contribution is -0.132. The van der Waals surface area contributed by atoms with Gasteiger partial charge in [0.05, 0.1) is 18.7 Å². The summed E-state index contributed by atoms with van der Waals surface area (Å²) < 4.78 is 29.5. The first-order valence-electron chi connectivity index (χ1n) is 10.1. The van der Waals surface area contributed by atoms with Gasteiger partial charge in [-0.1, -0.05) is 12.1 Å².